The molecule has 1 aliphatic rings. The zero-order chi connectivity index (χ0) is 19.4. The molecule has 138 valence electrons. The summed E-state index contributed by atoms with van der Waals surface area (Å²) in [5.74, 6) is 0.346. The summed E-state index contributed by atoms with van der Waals surface area (Å²) in [6, 6.07) is 17.6. The van der Waals surface area contributed by atoms with E-state index in [1.165, 1.54) is 12.1 Å². The van der Waals surface area contributed by atoms with Crippen LogP contribution in [0.25, 0.3) is 11.1 Å². The Morgan fingerprint density at radius 2 is 1.44 bits per heavy atom. The Bertz CT molecular complexity index is 1100. The fraction of sp³-hybridized carbons (Fsp3) is 0.182. The number of phenols is 2. The van der Waals surface area contributed by atoms with Crippen molar-refractivity contribution in [2.24, 2.45) is 0 Å². The summed E-state index contributed by atoms with van der Waals surface area (Å²) in [5, 5.41) is 21.9. The quantitative estimate of drug-likeness (QED) is 0.475. The number of hydrogen-bond acceptors (Lipinski definition) is 4. The van der Waals surface area contributed by atoms with E-state index in [0.29, 0.717) is 16.6 Å². The van der Waals surface area contributed by atoms with Crippen LogP contribution in [0.1, 0.15) is 26.3 Å². The van der Waals surface area contributed by atoms with Crippen LogP contribution < -0.4 is 15.1 Å². The molecule has 0 saturated heterocycles. The smallest absolute Gasteiger partial charge is 0.311 e. The lowest BCUT2D eigenvalue weighted by Gasteiger charge is -2.30. The summed E-state index contributed by atoms with van der Waals surface area (Å²) in [6.45, 7) is 5.81. The highest BCUT2D eigenvalue weighted by Gasteiger charge is 2.40. The van der Waals surface area contributed by atoms with Crippen LogP contribution in [0, 0.1) is 0 Å². The minimum Gasteiger partial charge on any atom is -0.508 e. The van der Waals surface area contributed by atoms with Crippen molar-refractivity contribution in [3.05, 3.63) is 66.2 Å². The normalized spacial score (nSPS) is 18.3. The summed E-state index contributed by atoms with van der Waals surface area (Å²) in [6.07, 6.45) is 0. The maximum atomic E-state index is 14.1. The number of para-hydroxylation sites is 1. The van der Waals surface area contributed by atoms with Gasteiger partial charge in [0, 0.05) is 11.1 Å². The molecule has 0 bridgehead atoms. The van der Waals surface area contributed by atoms with E-state index < -0.39 is 7.37 Å². The molecule has 0 aliphatic carbocycles. The third-order valence-corrected chi connectivity index (χ3v) is 7.31. The standard InChI is InChI=1S/C22H21O4P/c1-22(2,3)16-12-18(24)21(13-17(16)23)27(25)20-11-7-5-9-15(20)14-8-4-6-10-19(14)26-27/h4-13,23-24H,1-3H3. The highest BCUT2D eigenvalue weighted by atomic mass is 31.2. The second kappa shape index (κ2) is 5.90. The molecule has 0 amide bonds. The van der Waals surface area contributed by atoms with Crippen LogP contribution in [0.5, 0.6) is 17.2 Å². The van der Waals surface area contributed by atoms with Crippen molar-refractivity contribution < 1.29 is 19.3 Å². The Balaban J connectivity index is 1.98. The van der Waals surface area contributed by atoms with Crippen LogP contribution in [0.15, 0.2) is 60.7 Å². The monoisotopic (exact) mass is 380 g/mol. The minimum atomic E-state index is -3.63. The average Bonchev–Trinajstić information content (AvgIpc) is 2.62. The van der Waals surface area contributed by atoms with Gasteiger partial charge < -0.3 is 14.7 Å². The van der Waals surface area contributed by atoms with Crippen LogP contribution in [0.3, 0.4) is 0 Å². The summed E-state index contributed by atoms with van der Waals surface area (Å²) in [5.41, 5.74) is 1.88. The molecule has 0 spiro atoms. The van der Waals surface area contributed by atoms with Crippen LogP contribution in [-0.4, -0.2) is 10.2 Å². The molecule has 0 fully saturated rings. The molecule has 5 heteroatoms. The second-order valence-electron chi connectivity index (χ2n) is 7.76. The second-order valence-corrected chi connectivity index (χ2v) is 10.0. The first kappa shape index (κ1) is 17.7. The predicted octanol–water partition coefficient (Wildman–Crippen LogP) is 4.68. The SMILES string of the molecule is CC(C)(C)c1cc(O)c(P2(=O)Oc3ccccc3-c3ccccc32)cc1O. The molecule has 3 aromatic carbocycles. The first-order chi connectivity index (χ1) is 12.7. The topological polar surface area (TPSA) is 66.8 Å². The first-order valence-electron chi connectivity index (χ1n) is 8.77. The van der Waals surface area contributed by atoms with Gasteiger partial charge in [-0.25, -0.2) is 0 Å². The van der Waals surface area contributed by atoms with Gasteiger partial charge in [-0.15, -0.1) is 0 Å². The fourth-order valence-corrected chi connectivity index (χ4v) is 5.84. The first-order valence-corrected chi connectivity index (χ1v) is 10.4. The number of rotatable bonds is 1. The Morgan fingerprint density at radius 3 is 2.15 bits per heavy atom. The Labute approximate surface area is 158 Å². The van der Waals surface area contributed by atoms with E-state index in [4.69, 9.17) is 4.52 Å². The molecule has 2 N–H and O–H groups in total. The number of fused-ring (bicyclic) bond motifs is 3. The zero-order valence-electron chi connectivity index (χ0n) is 15.4. The van der Waals surface area contributed by atoms with Crippen LogP contribution in [0.4, 0.5) is 0 Å². The average molecular weight is 380 g/mol. The van der Waals surface area contributed by atoms with Gasteiger partial charge in [-0.3, -0.25) is 4.57 Å². The summed E-state index contributed by atoms with van der Waals surface area (Å²) >= 11 is 0. The molecule has 4 rings (SSSR count). The van der Waals surface area contributed by atoms with Crippen LogP contribution >= 0.6 is 7.37 Å². The van der Waals surface area contributed by atoms with Gasteiger partial charge in [0.15, 0.2) is 0 Å². The van der Waals surface area contributed by atoms with Crippen molar-refractivity contribution in [3.63, 3.8) is 0 Å². The van der Waals surface area contributed by atoms with Gasteiger partial charge in [0.1, 0.15) is 17.2 Å². The summed E-state index contributed by atoms with van der Waals surface area (Å²) in [4.78, 5) is 0. The van der Waals surface area contributed by atoms with E-state index in [1.807, 2.05) is 51.1 Å². The van der Waals surface area contributed by atoms with E-state index in [-0.39, 0.29) is 22.2 Å². The van der Waals surface area contributed by atoms with Crippen molar-refractivity contribution in [2.45, 2.75) is 26.2 Å². The predicted molar refractivity (Wildman–Crippen MR) is 108 cm³/mol. The van der Waals surface area contributed by atoms with E-state index in [2.05, 4.69) is 0 Å². The molecule has 1 atom stereocenters. The zero-order valence-corrected chi connectivity index (χ0v) is 16.3. The molecule has 3 aromatic rings. The maximum absolute atomic E-state index is 14.1. The number of phenolic OH excluding ortho intramolecular Hbond substituents is 2. The van der Waals surface area contributed by atoms with Crippen LogP contribution in [-0.2, 0) is 9.98 Å². The molecular weight excluding hydrogens is 359 g/mol. The van der Waals surface area contributed by atoms with Gasteiger partial charge in [0.2, 0.25) is 0 Å². The highest BCUT2D eigenvalue weighted by molar-refractivity contribution is 7.75. The summed E-state index contributed by atoms with van der Waals surface area (Å²) < 4.78 is 20.0. The van der Waals surface area contributed by atoms with E-state index in [0.717, 1.165) is 11.1 Å². The lowest BCUT2D eigenvalue weighted by atomic mass is 9.86. The third kappa shape index (κ3) is 2.72. The van der Waals surface area contributed by atoms with Gasteiger partial charge in [-0.05, 0) is 35.2 Å². The molecule has 4 nitrogen and oxygen atoms in total. The molecular formula is C22H21O4P. The molecule has 1 aliphatic heterocycles. The molecule has 0 radical (unpaired) electrons. The third-order valence-electron chi connectivity index (χ3n) is 4.84. The lowest BCUT2D eigenvalue weighted by Crippen LogP contribution is -2.26. The van der Waals surface area contributed by atoms with E-state index in [9.17, 15) is 14.8 Å². The minimum absolute atomic E-state index is 0.00883. The lowest BCUT2D eigenvalue weighted by molar-refractivity contribution is 0.435. The van der Waals surface area contributed by atoms with Crippen molar-refractivity contribution in [2.75, 3.05) is 0 Å². The van der Waals surface area contributed by atoms with Crippen molar-refractivity contribution in [3.8, 4) is 28.4 Å². The van der Waals surface area contributed by atoms with Crippen molar-refractivity contribution in [1.29, 1.82) is 0 Å². The van der Waals surface area contributed by atoms with Crippen molar-refractivity contribution in [1.82, 2.24) is 0 Å². The Hall–Kier alpha value is -2.71. The number of hydrogen-bond donors (Lipinski definition) is 2. The molecule has 0 saturated carbocycles. The van der Waals surface area contributed by atoms with Gasteiger partial charge in [0.05, 0.1) is 10.6 Å². The molecule has 0 aromatic heterocycles. The highest BCUT2D eigenvalue weighted by Crippen LogP contribution is 2.55. The van der Waals surface area contributed by atoms with Gasteiger partial charge in [0.25, 0.3) is 0 Å². The largest absolute Gasteiger partial charge is 0.508 e. The van der Waals surface area contributed by atoms with E-state index >= 15 is 0 Å². The fourth-order valence-electron chi connectivity index (χ4n) is 3.50. The number of benzene rings is 3. The number of aromatic hydroxyl groups is 2. The van der Waals surface area contributed by atoms with Gasteiger partial charge in [-0.2, -0.15) is 0 Å². The summed E-state index contributed by atoms with van der Waals surface area (Å²) in [7, 11) is -3.63. The van der Waals surface area contributed by atoms with Crippen molar-refractivity contribution >= 4 is 18.0 Å². The Morgan fingerprint density at radius 1 is 0.815 bits per heavy atom. The molecule has 27 heavy (non-hydrogen) atoms. The molecule has 1 unspecified atom stereocenters. The molecule has 1 heterocycles. The van der Waals surface area contributed by atoms with E-state index in [1.54, 1.807) is 18.2 Å². The maximum Gasteiger partial charge on any atom is 0.311 e. The van der Waals surface area contributed by atoms with Gasteiger partial charge >= 0.3 is 7.37 Å². The van der Waals surface area contributed by atoms with Gasteiger partial charge in [-0.1, -0.05) is 57.2 Å². The van der Waals surface area contributed by atoms with Crippen LogP contribution in [0.2, 0.25) is 0 Å². The Kier molecular flexibility index (Phi) is 3.87.